The van der Waals surface area contributed by atoms with Gasteiger partial charge in [-0.15, -0.1) is 0 Å². The second kappa shape index (κ2) is 16.1. The molecule has 5 aromatic rings. The molecule has 2 heterocycles. The first-order chi connectivity index (χ1) is 22.4. The molecule has 0 aliphatic carbocycles. The summed E-state index contributed by atoms with van der Waals surface area (Å²) in [5.41, 5.74) is 3.65. The summed E-state index contributed by atoms with van der Waals surface area (Å²) in [4.78, 5) is 0. The zero-order valence-corrected chi connectivity index (χ0v) is 31.4. The van der Waals surface area contributed by atoms with Crippen molar-refractivity contribution in [2.45, 2.75) is 41.0 Å². The molecular formula is C42H41O3PRn. The Balaban J connectivity index is 0.000000790. The van der Waals surface area contributed by atoms with Gasteiger partial charge >= 0.3 is 0 Å². The Bertz CT molecular complexity index is 2110. The number of allylic oxidation sites excluding steroid dienone is 3. The van der Waals surface area contributed by atoms with E-state index in [9.17, 15) is 0 Å². The van der Waals surface area contributed by atoms with E-state index in [1.165, 1.54) is 6.42 Å². The Labute approximate surface area is 341 Å². The maximum atomic E-state index is 15.8. The van der Waals surface area contributed by atoms with Crippen LogP contribution in [0.3, 0.4) is 0 Å². The van der Waals surface area contributed by atoms with Gasteiger partial charge in [-0.1, -0.05) is 145 Å². The number of rotatable bonds is 4. The molecule has 0 saturated carbocycles. The molecule has 0 aromatic heterocycles. The molecule has 0 fully saturated rings. The van der Waals surface area contributed by atoms with Crippen molar-refractivity contribution in [3.8, 4) is 11.5 Å². The summed E-state index contributed by atoms with van der Waals surface area (Å²) < 4.78 is 28.8. The van der Waals surface area contributed by atoms with Crippen molar-refractivity contribution >= 4 is 57.0 Å². The van der Waals surface area contributed by atoms with Crippen molar-refractivity contribution in [2.24, 2.45) is 0 Å². The minimum absolute atomic E-state index is 0. The molecule has 0 bridgehead atoms. The van der Waals surface area contributed by atoms with Crippen LogP contribution in [0.2, 0.25) is 0 Å². The van der Waals surface area contributed by atoms with Crippen molar-refractivity contribution in [3.63, 3.8) is 0 Å². The van der Waals surface area contributed by atoms with Crippen LogP contribution in [0.5, 0.6) is 11.5 Å². The normalized spacial score (nSPS) is 16.0. The Morgan fingerprint density at radius 1 is 0.745 bits per heavy atom. The van der Waals surface area contributed by atoms with Crippen molar-refractivity contribution in [1.29, 1.82) is 0 Å². The van der Waals surface area contributed by atoms with E-state index in [1.54, 1.807) is 12.2 Å². The molecule has 0 spiro atoms. The smallest absolute Gasteiger partial charge is 0.185 e. The Hall–Kier alpha value is -2.73. The number of benzene rings is 5. The standard InChI is InChI=1S/C37H27O3P.C3H8.C2H6.Rn/c1-5-25-18-20-33-35(28(25)6-2)39-24(4)37-32(22-23(3)29-17-11-14-26-12-7-9-15-30(26)29)40-36-31-16-10-8-13-27(31)19-21-34(36)41(33,37)38;1-3-2;1-2;/h5-22H,1-2,4H2,3H3;3H2,1-2H3;1-2H3;/b23-22+;;;. The summed E-state index contributed by atoms with van der Waals surface area (Å²) in [6, 6.07) is 30.3. The van der Waals surface area contributed by atoms with E-state index in [1.807, 2.05) is 80.6 Å². The van der Waals surface area contributed by atoms with Gasteiger partial charge in [-0.05, 0) is 58.0 Å². The maximum absolute atomic E-state index is 15.8. The molecular weight excluding hydrogens is 805 g/mol. The Kier molecular flexibility index (Phi) is 12.7. The van der Waals surface area contributed by atoms with Gasteiger partial charge in [0.1, 0.15) is 28.3 Å². The second-order valence-electron chi connectivity index (χ2n) is 11.0. The van der Waals surface area contributed by atoms with Gasteiger partial charge in [0.15, 0.2) is 7.14 Å². The number of hydrogen-bond donors (Lipinski definition) is 0. The van der Waals surface area contributed by atoms with Gasteiger partial charge in [0.05, 0.1) is 10.6 Å². The molecule has 7 rings (SSSR count). The minimum Gasteiger partial charge on any atom is -0.456 e. The van der Waals surface area contributed by atoms with Crippen molar-refractivity contribution < 1.29 is 85.9 Å². The van der Waals surface area contributed by atoms with E-state index in [-0.39, 0.29) is 71.9 Å². The van der Waals surface area contributed by atoms with Gasteiger partial charge < -0.3 is 14.0 Å². The number of ether oxygens (including phenoxy) is 2. The van der Waals surface area contributed by atoms with Crippen LogP contribution in [-0.2, 0) is 4.57 Å². The van der Waals surface area contributed by atoms with Gasteiger partial charge in [0.2, 0.25) is 0 Å². The summed E-state index contributed by atoms with van der Waals surface area (Å²) >= 11 is 0. The molecule has 2 aliphatic rings. The first-order valence-electron chi connectivity index (χ1n) is 15.9. The van der Waals surface area contributed by atoms with E-state index in [2.05, 4.69) is 70.8 Å². The van der Waals surface area contributed by atoms with E-state index in [0.29, 0.717) is 38.9 Å². The molecule has 1 atom stereocenters. The van der Waals surface area contributed by atoms with Gasteiger partial charge in [-0.25, -0.2) is 0 Å². The van der Waals surface area contributed by atoms with Crippen LogP contribution in [0, 0.1) is 71.9 Å². The SMILES string of the molecule is C=Cc1ccc2c(c1C=C)OC(=C)C1=C(/C=C(\C)c3cccc4ccccc34)Oc3c(ccc4ccccc34)P12=O.CC.CCC.[Rn]. The molecule has 1 unspecified atom stereocenters. The predicted molar refractivity (Wildman–Crippen MR) is 200 cm³/mol. The van der Waals surface area contributed by atoms with Gasteiger partial charge in [-0.2, -0.15) is 0 Å². The molecule has 0 N–H and O–H groups in total. The molecule has 5 aromatic carbocycles. The molecule has 2 aliphatic heterocycles. The predicted octanol–water partition coefficient (Wildman–Crippen LogP) is 11.6. The Morgan fingerprint density at radius 3 is 1.98 bits per heavy atom. The third-order valence-electron chi connectivity index (χ3n) is 7.98. The van der Waals surface area contributed by atoms with Crippen molar-refractivity contribution in [2.75, 3.05) is 0 Å². The van der Waals surface area contributed by atoms with Crippen LogP contribution in [-0.4, -0.2) is 0 Å². The van der Waals surface area contributed by atoms with Crippen LogP contribution >= 0.6 is 7.14 Å². The maximum Gasteiger partial charge on any atom is 0.185 e. The van der Waals surface area contributed by atoms with E-state index >= 15 is 4.57 Å². The van der Waals surface area contributed by atoms with Crippen LogP contribution in [0.15, 0.2) is 134 Å². The summed E-state index contributed by atoms with van der Waals surface area (Å²) in [7, 11) is -3.48. The number of fused-ring (bicyclic) bond motifs is 8. The largest absolute Gasteiger partial charge is 0.456 e. The van der Waals surface area contributed by atoms with Crippen LogP contribution < -0.4 is 20.1 Å². The van der Waals surface area contributed by atoms with Crippen LogP contribution in [0.1, 0.15) is 57.7 Å². The second-order valence-corrected chi connectivity index (χ2v) is 13.6. The summed E-state index contributed by atoms with van der Waals surface area (Å²) in [5.74, 6) is 1.89. The third-order valence-corrected chi connectivity index (χ3v) is 11.1. The first-order valence-corrected chi connectivity index (χ1v) is 17.6. The molecule has 3 nitrogen and oxygen atoms in total. The summed E-state index contributed by atoms with van der Waals surface area (Å²) in [6.45, 7) is 22.5. The quantitative estimate of drug-likeness (QED) is 0.169. The molecule has 240 valence electrons. The monoisotopic (exact) mass is 846 g/mol. The first kappa shape index (κ1) is 37.1. The zero-order chi connectivity index (χ0) is 33.0. The van der Waals surface area contributed by atoms with Crippen LogP contribution in [0.4, 0.5) is 0 Å². The summed E-state index contributed by atoms with van der Waals surface area (Å²) in [6.07, 6.45) is 6.69. The molecule has 0 radical (unpaired) electrons. The zero-order valence-electron chi connectivity index (χ0n) is 27.7. The summed E-state index contributed by atoms with van der Waals surface area (Å²) in [5, 5.41) is 5.92. The van der Waals surface area contributed by atoms with Gasteiger partial charge in [0.25, 0.3) is 0 Å². The molecule has 0 amide bonds. The van der Waals surface area contributed by atoms with Crippen molar-refractivity contribution in [3.05, 3.63) is 150 Å². The van der Waals surface area contributed by atoms with E-state index in [0.717, 1.165) is 43.8 Å². The van der Waals surface area contributed by atoms with Crippen LogP contribution in [0.25, 0.3) is 39.3 Å². The molecule has 47 heavy (non-hydrogen) atoms. The fraction of sp³-hybridized carbons (Fsp3) is 0.143. The fourth-order valence-corrected chi connectivity index (χ4v) is 9.08. The Morgan fingerprint density at radius 2 is 1.32 bits per heavy atom. The minimum atomic E-state index is -3.48. The van der Waals surface area contributed by atoms with Crippen molar-refractivity contribution in [1.82, 2.24) is 0 Å². The van der Waals surface area contributed by atoms with E-state index < -0.39 is 7.14 Å². The number of hydrogen-bond acceptors (Lipinski definition) is 3. The van der Waals surface area contributed by atoms with Gasteiger partial charge in [-0.3, -0.25) is 0 Å². The average molecular weight is 847 g/mol. The average Bonchev–Trinajstić information content (AvgIpc) is 3.08. The third kappa shape index (κ3) is 6.65. The van der Waals surface area contributed by atoms with E-state index in [4.69, 9.17) is 9.47 Å². The molecule has 0 saturated heterocycles. The fourth-order valence-electron chi connectivity index (χ4n) is 6.04. The molecule has 5 heteroatoms. The topological polar surface area (TPSA) is 35.5 Å². The van der Waals surface area contributed by atoms with Gasteiger partial charge in [0, 0.05) is 82.8 Å².